The van der Waals surface area contributed by atoms with E-state index in [9.17, 15) is 0 Å². The number of para-hydroxylation sites is 2. The lowest BCUT2D eigenvalue weighted by molar-refractivity contribution is 0.0378. The van der Waals surface area contributed by atoms with Gasteiger partial charge in [0.25, 0.3) is 0 Å². The number of likely N-dealkylation sites (tertiary alicyclic amines) is 2. The Morgan fingerprint density at radius 2 is 1.30 bits per heavy atom. The molecule has 2 aliphatic rings. The van der Waals surface area contributed by atoms with Crippen LogP contribution in [0, 0.1) is 17.6 Å². The van der Waals surface area contributed by atoms with E-state index in [0.717, 1.165) is 73.2 Å². The largest absolute Gasteiger partial charge is 0.493 e. The van der Waals surface area contributed by atoms with E-state index in [1.165, 1.54) is 17.7 Å². The van der Waals surface area contributed by atoms with Crippen molar-refractivity contribution in [3.8, 4) is 34.0 Å². The third kappa shape index (κ3) is 9.76. The monoisotopic (exact) mass is 906 g/mol. The molecule has 2 atom stereocenters. The molecule has 0 amide bonds. The predicted octanol–water partition coefficient (Wildman–Crippen LogP) is 10.6. The van der Waals surface area contributed by atoms with Crippen LogP contribution in [-0.2, 0) is 6.54 Å². The van der Waals surface area contributed by atoms with Crippen LogP contribution in [-0.4, -0.2) is 75.2 Å². The minimum Gasteiger partial charge on any atom is -0.493 e. The van der Waals surface area contributed by atoms with Gasteiger partial charge in [-0.3, -0.25) is 14.8 Å². The van der Waals surface area contributed by atoms with Crippen LogP contribution in [0.4, 0.5) is 14.7 Å². The van der Waals surface area contributed by atoms with E-state index in [2.05, 4.69) is 35.8 Å². The lowest BCUT2D eigenvalue weighted by atomic mass is 9.91. The van der Waals surface area contributed by atoms with Crippen LogP contribution in [0.2, 0.25) is 0 Å². The van der Waals surface area contributed by atoms with E-state index in [1.807, 2.05) is 60.7 Å². The van der Waals surface area contributed by atoms with E-state index in [1.54, 1.807) is 42.5 Å². The van der Waals surface area contributed by atoms with E-state index in [-0.39, 0.29) is 54.6 Å². The molecule has 10 nitrogen and oxygen atoms in total. The van der Waals surface area contributed by atoms with Crippen molar-refractivity contribution in [1.82, 2.24) is 29.7 Å². The molecule has 0 aliphatic carbocycles. The number of fused-ring (bicyclic) bond motifs is 2. The van der Waals surface area contributed by atoms with Crippen LogP contribution in [0.5, 0.6) is 11.5 Å². The normalized spacial score (nSPS) is 17.2. The van der Waals surface area contributed by atoms with Crippen molar-refractivity contribution in [1.29, 1.82) is 0 Å². The van der Waals surface area contributed by atoms with E-state index >= 15 is 8.78 Å². The average Bonchev–Trinajstić information content (AvgIpc) is 3.30. The van der Waals surface area contributed by atoms with Crippen molar-refractivity contribution in [2.75, 3.05) is 38.4 Å². The number of nitrogens with two attached hydrogens (primary N) is 1. The number of halogens is 4. The summed E-state index contributed by atoms with van der Waals surface area (Å²) in [5, 5.41) is 3.18. The van der Waals surface area contributed by atoms with Gasteiger partial charge in [-0.05, 0) is 98.8 Å². The lowest BCUT2D eigenvalue weighted by Gasteiger charge is -2.47. The average molecular weight is 908 g/mol. The molecule has 0 radical (unpaired) electrons. The van der Waals surface area contributed by atoms with Gasteiger partial charge in [-0.1, -0.05) is 80.6 Å². The van der Waals surface area contributed by atoms with Crippen LogP contribution in [0.15, 0.2) is 115 Å². The van der Waals surface area contributed by atoms with Gasteiger partial charge < -0.3 is 9.47 Å². The topological polar surface area (TPSA) is 106 Å². The first kappa shape index (κ1) is 46.5. The molecule has 2 unspecified atom stereocenters. The summed E-state index contributed by atoms with van der Waals surface area (Å²) in [7, 11) is 1.67. The van der Waals surface area contributed by atoms with Gasteiger partial charge in [0.1, 0.15) is 17.5 Å². The highest BCUT2D eigenvalue weighted by atomic mass is 35.5. The number of benzene rings is 5. The summed E-state index contributed by atoms with van der Waals surface area (Å²) < 4.78 is 42.6. The summed E-state index contributed by atoms with van der Waals surface area (Å²) in [5.41, 5.74) is 4.48. The maximum Gasteiger partial charge on any atom is 0.241 e. The number of ether oxygens (including phenoxy) is 2. The van der Waals surface area contributed by atoms with Gasteiger partial charge in [0.2, 0.25) is 5.95 Å². The zero-order valence-electron chi connectivity index (χ0n) is 36.2. The molecule has 2 saturated heterocycles. The third-order valence-corrected chi connectivity index (χ3v) is 12.2. The zero-order chi connectivity index (χ0) is 42.7. The van der Waals surface area contributed by atoms with E-state index < -0.39 is 0 Å². The molecule has 9 rings (SSSR count). The van der Waals surface area contributed by atoms with Crippen molar-refractivity contribution >= 4 is 52.6 Å². The Labute approximate surface area is 385 Å². The van der Waals surface area contributed by atoms with Crippen molar-refractivity contribution in [2.24, 2.45) is 11.8 Å². The summed E-state index contributed by atoms with van der Waals surface area (Å²) in [4.78, 5) is 25.3. The molecule has 64 heavy (non-hydrogen) atoms. The highest BCUT2D eigenvalue weighted by molar-refractivity contribution is 5.94. The van der Waals surface area contributed by atoms with Crippen molar-refractivity contribution in [2.45, 2.75) is 64.2 Å². The van der Waals surface area contributed by atoms with Crippen LogP contribution >= 0.6 is 24.8 Å². The number of anilines is 1. The van der Waals surface area contributed by atoms with Crippen LogP contribution in [0.1, 0.15) is 57.0 Å². The van der Waals surface area contributed by atoms with Crippen molar-refractivity contribution in [3.05, 3.63) is 138 Å². The number of hydrogen-bond acceptors (Lipinski definition) is 10. The molecule has 0 saturated carbocycles. The Morgan fingerprint density at radius 1 is 0.703 bits per heavy atom. The first-order valence-electron chi connectivity index (χ1n) is 21.6. The fourth-order valence-corrected chi connectivity index (χ4v) is 9.07. The first-order valence-corrected chi connectivity index (χ1v) is 21.6. The molecule has 334 valence electrons. The summed E-state index contributed by atoms with van der Waals surface area (Å²) in [6, 6.07) is 34.9. The van der Waals surface area contributed by atoms with Gasteiger partial charge >= 0.3 is 0 Å². The number of hydrogen-bond donors (Lipinski definition) is 1. The molecular weight excluding hydrogens is 854 g/mol. The summed E-state index contributed by atoms with van der Waals surface area (Å²) in [6.45, 7) is 8.26. The highest BCUT2D eigenvalue weighted by Gasteiger charge is 2.39. The van der Waals surface area contributed by atoms with Gasteiger partial charge in [0.05, 0.1) is 48.2 Å². The summed E-state index contributed by atoms with van der Waals surface area (Å²) in [6.07, 6.45) is 3.21. The number of nitrogens with zero attached hydrogens (tertiary/aromatic N) is 7. The Kier molecular flexibility index (Phi) is 14.9. The molecule has 5 aromatic carbocycles. The Bertz CT molecular complexity index is 2700. The number of rotatable bonds is 12. The molecular formula is C50H54Cl2F2N8O2. The number of methoxy groups -OCH3 is 1. The van der Waals surface area contributed by atoms with Gasteiger partial charge in [-0.2, -0.15) is 0 Å². The van der Waals surface area contributed by atoms with Crippen LogP contribution in [0.3, 0.4) is 0 Å². The first-order chi connectivity index (χ1) is 30.2. The minimum atomic E-state index is -0.367. The van der Waals surface area contributed by atoms with Gasteiger partial charge in [-0.25, -0.2) is 34.6 Å². The quantitative estimate of drug-likeness (QED) is 0.0941. The maximum absolute atomic E-state index is 15.6. The standard InChI is InChI=1S/C50H52F2N8O2.2ClH/c1-32(2)31-62-46-28-33(20-21-45(46)61-3)30-58-25-22-34(23-26-58)59-27-24-35(60(53)50-55-43-19-11-7-15-39(43)48(57-50)37-13-5-9-17-41(37)52)29-44(59)49-54-42-18-10-6-14-38(42)47(56-49)36-12-4-8-16-40(36)51;;/h4-21,28,32,34-35,44H,22-27,29-31,53H2,1-3H3;2*1H. The SMILES string of the molecule is COc1ccc(CN2CCC(N3CCC(N(N)c4nc(-c5ccccc5F)c5ccccc5n4)CC3c3nc(-c4ccccc4F)c4ccccc4n3)CC2)cc1OCC(C)C.Cl.Cl. The lowest BCUT2D eigenvalue weighted by Crippen LogP contribution is -2.54. The second-order valence-electron chi connectivity index (χ2n) is 16.8. The summed E-state index contributed by atoms with van der Waals surface area (Å²) in [5.74, 6) is 9.23. The van der Waals surface area contributed by atoms with Crippen molar-refractivity contribution in [3.63, 3.8) is 0 Å². The Hall–Kier alpha value is -5.50. The van der Waals surface area contributed by atoms with Crippen molar-refractivity contribution < 1.29 is 18.3 Å². The smallest absolute Gasteiger partial charge is 0.241 e. The third-order valence-electron chi connectivity index (χ3n) is 12.2. The number of aromatic nitrogens is 4. The van der Waals surface area contributed by atoms with Crippen LogP contribution < -0.4 is 20.3 Å². The van der Waals surface area contributed by atoms with Crippen LogP contribution in [0.25, 0.3) is 44.3 Å². The highest BCUT2D eigenvalue weighted by Crippen LogP contribution is 2.40. The molecule has 0 spiro atoms. The van der Waals surface area contributed by atoms with Gasteiger partial charge in [0.15, 0.2) is 11.5 Å². The second-order valence-corrected chi connectivity index (χ2v) is 16.8. The van der Waals surface area contributed by atoms with E-state index in [0.29, 0.717) is 58.7 Å². The molecule has 2 aromatic heterocycles. The van der Waals surface area contributed by atoms with Gasteiger partial charge in [0, 0.05) is 41.0 Å². The fourth-order valence-electron chi connectivity index (χ4n) is 9.07. The maximum atomic E-state index is 15.6. The number of hydrazine groups is 1. The zero-order valence-corrected chi connectivity index (χ0v) is 37.9. The molecule has 7 aromatic rings. The molecule has 2 aliphatic heterocycles. The molecule has 0 bridgehead atoms. The number of piperidine rings is 2. The summed E-state index contributed by atoms with van der Waals surface area (Å²) >= 11 is 0. The molecule has 4 heterocycles. The van der Waals surface area contributed by atoms with Gasteiger partial charge in [-0.15, -0.1) is 24.8 Å². The molecule has 2 fully saturated rings. The molecule has 2 N–H and O–H groups in total. The minimum absolute atomic E-state index is 0. The Morgan fingerprint density at radius 3 is 1.92 bits per heavy atom. The predicted molar refractivity (Wildman–Crippen MR) is 255 cm³/mol. The Balaban J connectivity index is 0.00000306. The van der Waals surface area contributed by atoms with E-state index in [4.69, 9.17) is 35.3 Å². The fraction of sp³-hybridized carbons (Fsp3) is 0.320. The second kappa shape index (κ2) is 20.6. The molecule has 14 heteroatoms.